The number of nitrogens with one attached hydrogen (secondary N) is 4. The molecule has 2 saturated heterocycles. The molecule has 0 aliphatic carbocycles. The standard InChI is InChI=1S/C46H60F2N7O13P/c1-27(56)54-20-19-31-14-17-36(40(60)52-33(16-18-37(49)57)38(58)50-23-28-11-9-8-10-12-28)55(31)41(61)35(24-54)53-39(59)34-22-29-21-30(13-15-32(29)51-34)46(47,48)69(64,67-25-65-42(62)44(2,3)4)68-26-66-43(63)45(5,6)7/h8-13,15,21-22,31,33,35-36,51H,14,16-20,23-26H2,1-7H3,(H2,49,57)(H,50,58)(H,52,60)(H,53,59)/t31-,33+,35+,36+/m1/s1. The predicted molar refractivity (Wildman–Crippen MR) is 243 cm³/mol. The molecular weight excluding hydrogens is 928 g/mol. The van der Waals surface area contributed by atoms with E-state index in [2.05, 4.69) is 20.9 Å². The van der Waals surface area contributed by atoms with Crippen molar-refractivity contribution >= 4 is 65.9 Å². The van der Waals surface area contributed by atoms with Crippen LogP contribution in [0, 0.1) is 10.8 Å². The lowest BCUT2D eigenvalue weighted by atomic mass is 9.98. The molecule has 0 bridgehead atoms. The Kier molecular flexibility index (Phi) is 17.1. The number of aromatic nitrogens is 1. The summed E-state index contributed by atoms with van der Waals surface area (Å²) in [5.41, 5.74) is -1.42. The quantitative estimate of drug-likeness (QED) is 0.0676. The highest BCUT2D eigenvalue weighted by Crippen LogP contribution is 2.67. The summed E-state index contributed by atoms with van der Waals surface area (Å²) in [7, 11) is -5.68. The number of carbonyl (C=O) groups excluding carboxylic acids is 8. The molecule has 5 rings (SSSR count). The number of H-pyrrole nitrogens is 1. The van der Waals surface area contributed by atoms with Crippen molar-refractivity contribution in [2.45, 2.75) is 117 Å². The molecule has 2 aromatic carbocycles. The number of nitrogens with two attached hydrogens (primary N) is 1. The maximum Gasteiger partial charge on any atom is 0.410 e. The van der Waals surface area contributed by atoms with Crippen LogP contribution in [0.2, 0.25) is 0 Å². The number of fused-ring (bicyclic) bond motifs is 2. The number of carbonyl (C=O) groups is 8. The summed E-state index contributed by atoms with van der Waals surface area (Å²) in [4.78, 5) is 111. The van der Waals surface area contributed by atoms with Gasteiger partial charge in [-0.25, -0.2) is 0 Å². The summed E-state index contributed by atoms with van der Waals surface area (Å²) >= 11 is 0. The number of alkyl halides is 2. The van der Waals surface area contributed by atoms with E-state index in [4.69, 9.17) is 24.3 Å². The highest BCUT2D eigenvalue weighted by atomic mass is 31.2. The second kappa shape index (κ2) is 22.0. The van der Waals surface area contributed by atoms with E-state index >= 15 is 8.78 Å². The molecule has 6 amide bonds. The largest absolute Gasteiger partial charge is 0.438 e. The molecule has 69 heavy (non-hydrogen) atoms. The number of hydrogen-bond donors (Lipinski definition) is 5. The number of primary amides is 1. The van der Waals surface area contributed by atoms with E-state index in [0.717, 1.165) is 23.8 Å². The van der Waals surface area contributed by atoms with Crippen LogP contribution in [-0.2, 0) is 68.9 Å². The SMILES string of the molecule is CC(=O)N1CC[C@H]2CC[C@@H](C(=O)N[C@@H](CCC(N)=O)C(=O)NCc3ccccc3)N2C(=O)[C@@H](NC(=O)c2cc3cc(C(F)(F)P(=O)(OCOC(=O)C(C)(C)C)OCOC(=O)C(C)(C)C)ccc3[nH]2)C1. The average Bonchev–Trinajstić information content (AvgIpc) is 3.91. The van der Waals surface area contributed by atoms with Crippen LogP contribution in [-0.4, -0.2) is 113 Å². The van der Waals surface area contributed by atoms with Crippen LogP contribution in [0.25, 0.3) is 10.9 Å². The summed E-state index contributed by atoms with van der Waals surface area (Å²) in [6.45, 7) is 7.88. The van der Waals surface area contributed by atoms with Gasteiger partial charge in [0.25, 0.3) is 5.91 Å². The van der Waals surface area contributed by atoms with Crippen LogP contribution in [0.15, 0.2) is 54.6 Å². The van der Waals surface area contributed by atoms with Gasteiger partial charge in [0.2, 0.25) is 43.1 Å². The van der Waals surface area contributed by atoms with Crippen molar-refractivity contribution in [3.8, 4) is 0 Å². The van der Waals surface area contributed by atoms with Gasteiger partial charge >= 0.3 is 25.2 Å². The number of rotatable bonds is 18. The van der Waals surface area contributed by atoms with Gasteiger partial charge in [-0.1, -0.05) is 36.4 Å². The van der Waals surface area contributed by atoms with E-state index < -0.39 is 109 Å². The molecule has 3 aromatic rings. The topological polar surface area (TPSA) is 275 Å². The fourth-order valence-corrected chi connectivity index (χ4v) is 8.76. The van der Waals surface area contributed by atoms with Crippen LogP contribution >= 0.6 is 7.60 Å². The van der Waals surface area contributed by atoms with Crippen LogP contribution < -0.4 is 21.7 Å². The third kappa shape index (κ3) is 13.5. The second-order valence-corrected chi connectivity index (χ2v) is 21.0. The number of esters is 2. The van der Waals surface area contributed by atoms with Crippen molar-refractivity contribution in [2.75, 3.05) is 26.7 Å². The van der Waals surface area contributed by atoms with Gasteiger partial charge in [-0.3, -0.25) is 52.0 Å². The first-order valence-electron chi connectivity index (χ1n) is 22.3. The monoisotopic (exact) mass is 987 g/mol. The number of nitrogens with zero attached hydrogens (tertiary/aromatic N) is 2. The van der Waals surface area contributed by atoms with Crippen LogP contribution in [0.5, 0.6) is 0 Å². The summed E-state index contributed by atoms with van der Waals surface area (Å²) in [6, 6.07) is 8.89. The molecule has 0 spiro atoms. The molecule has 2 fully saturated rings. The highest BCUT2D eigenvalue weighted by Gasteiger charge is 2.56. The van der Waals surface area contributed by atoms with Crippen LogP contribution in [0.3, 0.4) is 0 Å². The fourth-order valence-electron chi connectivity index (χ4n) is 7.52. The van der Waals surface area contributed by atoms with Crippen molar-refractivity contribution in [1.82, 2.24) is 30.7 Å². The first-order chi connectivity index (χ1) is 32.2. The maximum absolute atomic E-state index is 16.4. The third-order valence-corrected chi connectivity index (χ3v) is 13.3. The normalized spacial score (nSPS) is 18.3. The van der Waals surface area contributed by atoms with Gasteiger partial charge in [0.1, 0.15) is 23.8 Å². The highest BCUT2D eigenvalue weighted by molar-refractivity contribution is 7.54. The molecule has 376 valence electrons. The molecule has 23 heteroatoms. The van der Waals surface area contributed by atoms with E-state index in [0.29, 0.717) is 12.8 Å². The minimum atomic E-state index is -5.68. The number of ether oxygens (including phenoxy) is 2. The zero-order chi connectivity index (χ0) is 51.1. The minimum Gasteiger partial charge on any atom is -0.438 e. The van der Waals surface area contributed by atoms with E-state index in [1.165, 1.54) is 64.3 Å². The molecule has 20 nitrogen and oxygen atoms in total. The Morgan fingerprint density at radius 3 is 2.09 bits per heavy atom. The van der Waals surface area contributed by atoms with Gasteiger partial charge in [0.05, 0.1) is 10.8 Å². The van der Waals surface area contributed by atoms with Gasteiger partial charge in [-0.05, 0) is 91.0 Å². The Hall–Kier alpha value is -6.25. The minimum absolute atomic E-state index is 0.00610. The Morgan fingerprint density at radius 2 is 1.51 bits per heavy atom. The van der Waals surface area contributed by atoms with Crippen molar-refractivity contribution in [2.24, 2.45) is 16.6 Å². The average molecular weight is 988 g/mol. The number of amides is 6. The Balaban J connectivity index is 1.36. The van der Waals surface area contributed by atoms with Gasteiger partial charge in [0, 0.05) is 55.5 Å². The third-order valence-electron chi connectivity index (χ3n) is 11.5. The summed E-state index contributed by atoms with van der Waals surface area (Å²) < 4.78 is 66.4. The molecule has 2 aliphatic rings. The molecule has 2 aliphatic heterocycles. The number of aromatic amines is 1. The van der Waals surface area contributed by atoms with Crippen LogP contribution in [0.4, 0.5) is 8.78 Å². The Labute approximate surface area is 397 Å². The zero-order valence-electron chi connectivity index (χ0n) is 39.6. The van der Waals surface area contributed by atoms with Gasteiger partial charge in [-0.2, -0.15) is 8.78 Å². The lowest BCUT2D eigenvalue weighted by Crippen LogP contribution is -2.61. The second-order valence-electron chi connectivity index (χ2n) is 18.9. The van der Waals surface area contributed by atoms with Crippen molar-refractivity contribution in [3.05, 3.63) is 71.4 Å². The van der Waals surface area contributed by atoms with E-state index in [1.54, 1.807) is 24.3 Å². The Morgan fingerprint density at radius 1 is 0.884 bits per heavy atom. The molecule has 1 aromatic heterocycles. The van der Waals surface area contributed by atoms with Gasteiger partial charge in [-0.15, -0.1) is 0 Å². The fraction of sp³-hybridized carbons (Fsp3) is 0.522. The van der Waals surface area contributed by atoms with Crippen molar-refractivity contribution in [3.63, 3.8) is 0 Å². The molecule has 0 radical (unpaired) electrons. The molecule has 0 unspecified atom stereocenters. The Bertz CT molecular complexity index is 2440. The van der Waals surface area contributed by atoms with Gasteiger partial charge in [0.15, 0.2) is 0 Å². The smallest absolute Gasteiger partial charge is 0.410 e. The number of hydrogen-bond acceptors (Lipinski definition) is 13. The maximum atomic E-state index is 16.4. The summed E-state index contributed by atoms with van der Waals surface area (Å²) in [5, 5.41) is 8.08. The lowest BCUT2D eigenvalue weighted by molar-refractivity contribution is -0.163. The lowest BCUT2D eigenvalue weighted by Gasteiger charge is -2.38. The molecule has 0 saturated carbocycles. The molecule has 3 heterocycles. The van der Waals surface area contributed by atoms with E-state index in [1.807, 2.05) is 6.07 Å². The first kappa shape index (κ1) is 53.7. The summed E-state index contributed by atoms with van der Waals surface area (Å²) in [5.74, 6) is -5.64. The summed E-state index contributed by atoms with van der Waals surface area (Å²) in [6.07, 6.45) is 0.499. The van der Waals surface area contributed by atoms with Crippen molar-refractivity contribution < 1.29 is 70.2 Å². The number of halogens is 2. The van der Waals surface area contributed by atoms with Crippen LogP contribution in [0.1, 0.15) is 102 Å². The van der Waals surface area contributed by atoms with Crippen molar-refractivity contribution in [1.29, 1.82) is 0 Å². The molecule has 6 N–H and O–H groups in total. The predicted octanol–water partition coefficient (Wildman–Crippen LogP) is 4.31. The van der Waals surface area contributed by atoms with E-state index in [-0.39, 0.29) is 61.4 Å². The number of benzene rings is 2. The molecule has 4 atom stereocenters. The van der Waals surface area contributed by atoms with E-state index in [9.17, 15) is 42.9 Å². The molecular formula is C46H60F2N7O13P. The van der Waals surface area contributed by atoms with Gasteiger partial charge < -0.3 is 45.9 Å². The zero-order valence-corrected chi connectivity index (χ0v) is 40.5. The first-order valence-corrected chi connectivity index (χ1v) is 23.8.